The second-order valence-corrected chi connectivity index (χ2v) is 4.58. The molecule has 1 aromatic rings. The Bertz CT molecular complexity index is 344. The van der Waals surface area contributed by atoms with E-state index in [4.69, 9.17) is 4.74 Å². The lowest BCUT2D eigenvalue weighted by molar-refractivity contribution is 0.200. The summed E-state index contributed by atoms with van der Waals surface area (Å²) in [6.45, 7) is 4.76. The van der Waals surface area contributed by atoms with Gasteiger partial charge in [0.15, 0.2) is 0 Å². The molecule has 0 bridgehead atoms. The molecule has 0 unspecified atom stereocenters. The first-order chi connectivity index (χ1) is 7.69. The molecule has 0 fully saturated rings. The van der Waals surface area contributed by atoms with Gasteiger partial charge >= 0.3 is 0 Å². The van der Waals surface area contributed by atoms with E-state index < -0.39 is 0 Å². The van der Waals surface area contributed by atoms with Gasteiger partial charge in [-0.1, -0.05) is 0 Å². The van der Waals surface area contributed by atoms with Crippen LogP contribution in [-0.2, 0) is 4.74 Å². The van der Waals surface area contributed by atoms with E-state index in [1.165, 1.54) is 0 Å². The van der Waals surface area contributed by atoms with Gasteiger partial charge in [0.05, 0.1) is 0 Å². The molecule has 4 nitrogen and oxygen atoms in total. The first-order valence-corrected chi connectivity index (χ1v) is 6.32. The third-order valence-corrected chi connectivity index (χ3v) is 3.35. The summed E-state index contributed by atoms with van der Waals surface area (Å²) in [5, 5.41) is 4.15. The molecule has 1 rings (SSSR count). The molecule has 0 atom stereocenters. The van der Waals surface area contributed by atoms with Crippen LogP contribution in [0.4, 0.5) is 5.82 Å². The van der Waals surface area contributed by atoms with Crippen molar-refractivity contribution in [2.24, 2.45) is 0 Å². The molecule has 0 aliphatic carbocycles. The number of aryl methyl sites for hydroxylation is 1. The maximum atomic E-state index is 5.02. The molecule has 0 amide bonds. The average molecular weight is 241 g/mol. The van der Waals surface area contributed by atoms with Crippen molar-refractivity contribution < 1.29 is 4.74 Å². The van der Waals surface area contributed by atoms with E-state index in [2.05, 4.69) is 15.3 Å². The molecule has 1 heterocycles. The summed E-state index contributed by atoms with van der Waals surface area (Å²) in [6, 6.07) is 0. The molecule has 1 aromatic heterocycles. The van der Waals surface area contributed by atoms with Gasteiger partial charge < -0.3 is 10.1 Å². The summed E-state index contributed by atoms with van der Waals surface area (Å²) >= 11 is 1.76. The van der Waals surface area contributed by atoms with Gasteiger partial charge in [0.2, 0.25) is 0 Å². The third kappa shape index (κ3) is 3.64. The van der Waals surface area contributed by atoms with Crippen LogP contribution in [0.5, 0.6) is 0 Å². The number of ether oxygens (including phenoxy) is 1. The van der Waals surface area contributed by atoms with Crippen LogP contribution in [0.1, 0.15) is 17.8 Å². The fraction of sp³-hybridized carbons (Fsp3) is 0.636. The van der Waals surface area contributed by atoms with E-state index >= 15 is 0 Å². The van der Waals surface area contributed by atoms with Gasteiger partial charge in [-0.15, -0.1) is 11.8 Å². The number of hydrogen-bond donors (Lipinski definition) is 1. The molecule has 1 N–H and O–H groups in total. The van der Waals surface area contributed by atoms with Gasteiger partial charge in [0, 0.05) is 32.1 Å². The number of aromatic nitrogens is 2. The van der Waals surface area contributed by atoms with E-state index in [1.54, 1.807) is 18.9 Å². The maximum Gasteiger partial charge on any atom is 0.133 e. The summed E-state index contributed by atoms with van der Waals surface area (Å²) in [7, 11) is 3.61. The maximum absolute atomic E-state index is 5.02. The van der Waals surface area contributed by atoms with Gasteiger partial charge in [-0.2, -0.15) is 0 Å². The van der Waals surface area contributed by atoms with Gasteiger partial charge in [0.1, 0.15) is 16.7 Å². The van der Waals surface area contributed by atoms with E-state index in [0.717, 1.165) is 41.0 Å². The summed E-state index contributed by atoms with van der Waals surface area (Å²) in [5.74, 6) is 2.75. The molecule has 90 valence electrons. The number of rotatable bonds is 6. The Morgan fingerprint density at radius 3 is 2.69 bits per heavy atom. The van der Waals surface area contributed by atoms with Crippen LogP contribution in [0.15, 0.2) is 5.03 Å². The van der Waals surface area contributed by atoms with Gasteiger partial charge in [0.25, 0.3) is 0 Å². The molecule has 0 aliphatic rings. The molecule has 0 saturated carbocycles. The second-order valence-electron chi connectivity index (χ2n) is 3.49. The van der Waals surface area contributed by atoms with Crippen molar-refractivity contribution in [3.8, 4) is 0 Å². The van der Waals surface area contributed by atoms with Crippen LogP contribution in [0.2, 0.25) is 0 Å². The number of hydrogen-bond acceptors (Lipinski definition) is 5. The first-order valence-electron chi connectivity index (χ1n) is 5.33. The van der Waals surface area contributed by atoms with Gasteiger partial charge in [-0.25, -0.2) is 9.97 Å². The Labute approximate surface area is 101 Å². The van der Waals surface area contributed by atoms with Crippen molar-refractivity contribution in [3.05, 3.63) is 11.4 Å². The number of thioether (sulfide) groups is 1. The number of nitrogens with one attached hydrogen (secondary N) is 1. The van der Waals surface area contributed by atoms with Crippen LogP contribution in [-0.4, -0.2) is 36.5 Å². The normalized spacial score (nSPS) is 10.5. The quantitative estimate of drug-likeness (QED) is 0.470. The highest BCUT2D eigenvalue weighted by Crippen LogP contribution is 2.24. The summed E-state index contributed by atoms with van der Waals surface area (Å²) in [5.41, 5.74) is 1.12. The van der Waals surface area contributed by atoms with E-state index in [-0.39, 0.29) is 0 Å². The molecular weight excluding hydrogens is 222 g/mol. The second kappa shape index (κ2) is 6.70. The molecule has 0 aliphatic heterocycles. The van der Waals surface area contributed by atoms with E-state index in [0.29, 0.717) is 0 Å². The fourth-order valence-corrected chi connectivity index (χ4v) is 2.32. The SMILES string of the molecule is CNc1nc(C)nc(SCCCOC)c1C. The lowest BCUT2D eigenvalue weighted by atomic mass is 10.3. The standard InChI is InChI=1S/C11H19N3OS/c1-8-10(12-3)13-9(2)14-11(8)16-7-5-6-15-4/h5-7H2,1-4H3,(H,12,13,14). The Balaban J connectivity index is 2.67. The largest absolute Gasteiger partial charge is 0.385 e. The minimum absolute atomic E-state index is 0.801. The first kappa shape index (κ1) is 13.3. The highest BCUT2D eigenvalue weighted by Gasteiger charge is 2.08. The molecule has 0 saturated heterocycles. The number of nitrogens with zero attached hydrogens (tertiary/aromatic N) is 2. The Kier molecular flexibility index (Phi) is 5.55. The van der Waals surface area contributed by atoms with Crippen LogP contribution in [0.3, 0.4) is 0 Å². The zero-order chi connectivity index (χ0) is 12.0. The van der Waals surface area contributed by atoms with Crippen LogP contribution >= 0.6 is 11.8 Å². The van der Waals surface area contributed by atoms with Crippen molar-refractivity contribution >= 4 is 17.6 Å². The number of methoxy groups -OCH3 is 1. The van der Waals surface area contributed by atoms with Crippen molar-refractivity contribution in [2.45, 2.75) is 25.3 Å². The molecule has 0 spiro atoms. The number of anilines is 1. The van der Waals surface area contributed by atoms with E-state index in [1.807, 2.05) is 20.9 Å². The minimum atomic E-state index is 0.801. The van der Waals surface area contributed by atoms with Crippen molar-refractivity contribution in [1.29, 1.82) is 0 Å². The molecule has 0 aromatic carbocycles. The van der Waals surface area contributed by atoms with Crippen molar-refractivity contribution in [2.75, 3.05) is 31.8 Å². The molecular formula is C11H19N3OS. The zero-order valence-corrected chi connectivity index (χ0v) is 11.1. The lowest BCUT2D eigenvalue weighted by Gasteiger charge is -2.10. The zero-order valence-electron chi connectivity index (χ0n) is 10.3. The van der Waals surface area contributed by atoms with Crippen molar-refractivity contribution in [1.82, 2.24) is 9.97 Å². The summed E-state index contributed by atoms with van der Waals surface area (Å²) in [6.07, 6.45) is 1.04. The lowest BCUT2D eigenvalue weighted by Crippen LogP contribution is -2.02. The highest BCUT2D eigenvalue weighted by atomic mass is 32.2. The van der Waals surface area contributed by atoms with Crippen LogP contribution in [0.25, 0.3) is 0 Å². The third-order valence-electron chi connectivity index (χ3n) is 2.18. The molecule has 5 heteroatoms. The Morgan fingerprint density at radius 2 is 2.06 bits per heavy atom. The predicted octanol–water partition coefficient (Wildman–Crippen LogP) is 2.26. The van der Waals surface area contributed by atoms with Gasteiger partial charge in [-0.05, 0) is 20.3 Å². The topological polar surface area (TPSA) is 47.0 Å². The van der Waals surface area contributed by atoms with Crippen LogP contribution in [0, 0.1) is 13.8 Å². The monoisotopic (exact) mass is 241 g/mol. The van der Waals surface area contributed by atoms with E-state index in [9.17, 15) is 0 Å². The highest BCUT2D eigenvalue weighted by molar-refractivity contribution is 7.99. The van der Waals surface area contributed by atoms with Crippen LogP contribution < -0.4 is 5.32 Å². The summed E-state index contributed by atoms with van der Waals surface area (Å²) < 4.78 is 5.02. The Hall–Kier alpha value is -0.810. The predicted molar refractivity (Wildman–Crippen MR) is 68.3 cm³/mol. The smallest absolute Gasteiger partial charge is 0.133 e. The Morgan fingerprint density at radius 1 is 1.31 bits per heavy atom. The van der Waals surface area contributed by atoms with Gasteiger partial charge in [-0.3, -0.25) is 0 Å². The minimum Gasteiger partial charge on any atom is -0.385 e. The average Bonchev–Trinajstić information content (AvgIpc) is 2.28. The van der Waals surface area contributed by atoms with Crippen molar-refractivity contribution in [3.63, 3.8) is 0 Å². The molecule has 16 heavy (non-hydrogen) atoms. The summed E-state index contributed by atoms with van der Waals surface area (Å²) in [4.78, 5) is 8.79. The molecule has 0 radical (unpaired) electrons. The fourth-order valence-electron chi connectivity index (χ4n) is 1.36.